The van der Waals surface area contributed by atoms with Gasteiger partial charge in [0.25, 0.3) is 0 Å². The summed E-state index contributed by atoms with van der Waals surface area (Å²) >= 11 is 0. The summed E-state index contributed by atoms with van der Waals surface area (Å²) in [7, 11) is 0. The lowest BCUT2D eigenvalue weighted by Crippen LogP contribution is -2.36. The van der Waals surface area contributed by atoms with Crippen molar-refractivity contribution in [1.29, 1.82) is 0 Å². The van der Waals surface area contributed by atoms with Crippen LogP contribution >= 0.6 is 0 Å². The molecule has 0 saturated heterocycles. The molecule has 0 aliphatic carbocycles. The van der Waals surface area contributed by atoms with E-state index in [0.29, 0.717) is 12.1 Å². The topological polar surface area (TPSA) is 42.0 Å². The predicted molar refractivity (Wildman–Crippen MR) is 51.5 cm³/mol. The molecule has 0 aliphatic rings. The molecule has 0 fully saturated rings. The zero-order valence-electron chi connectivity index (χ0n) is 8.64. The third kappa shape index (κ3) is 3.22. The molecule has 0 radical (unpaired) electrons. The van der Waals surface area contributed by atoms with Crippen molar-refractivity contribution in [2.45, 2.75) is 26.1 Å². The summed E-state index contributed by atoms with van der Waals surface area (Å²) in [5.41, 5.74) is 1.28. The van der Waals surface area contributed by atoms with Gasteiger partial charge in [0.05, 0.1) is 12.2 Å². The quantitative estimate of drug-likeness (QED) is 0.863. The molecular formula is C10H11F3N2O. The van der Waals surface area contributed by atoms with E-state index in [2.05, 4.69) is 4.98 Å². The summed E-state index contributed by atoms with van der Waals surface area (Å²) in [6.07, 6.45) is -2.71. The molecule has 3 nitrogen and oxygen atoms in total. The number of nitrogens with zero attached hydrogens (tertiary/aromatic N) is 1. The minimum atomic E-state index is -4.85. The lowest BCUT2D eigenvalue weighted by atomic mass is 10.1. The molecule has 0 aromatic carbocycles. The Labute approximate surface area is 90.7 Å². The summed E-state index contributed by atoms with van der Waals surface area (Å²) < 4.78 is 35.7. The smallest absolute Gasteiger partial charge is 0.343 e. The highest BCUT2D eigenvalue weighted by molar-refractivity contribution is 5.81. The lowest BCUT2D eigenvalue weighted by Gasteiger charge is -2.09. The molecule has 16 heavy (non-hydrogen) atoms. The number of aromatic nitrogens is 1. The average molecular weight is 232 g/mol. The molecule has 0 unspecified atom stereocenters. The van der Waals surface area contributed by atoms with E-state index in [1.165, 1.54) is 6.20 Å². The Morgan fingerprint density at radius 3 is 2.75 bits per heavy atom. The van der Waals surface area contributed by atoms with Gasteiger partial charge in [-0.15, -0.1) is 0 Å². The second-order valence-electron chi connectivity index (χ2n) is 3.14. The van der Waals surface area contributed by atoms with E-state index in [1.807, 2.05) is 6.92 Å². The van der Waals surface area contributed by atoms with E-state index < -0.39 is 12.1 Å². The van der Waals surface area contributed by atoms with E-state index in [9.17, 15) is 18.0 Å². The third-order valence-corrected chi connectivity index (χ3v) is 2.04. The van der Waals surface area contributed by atoms with Crippen molar-refractivity contribution in [2.24, 2.45) is 0 Å². The normalized spacial score (nSPS) is 11.2. The van der Waals surface area contributed by atoms with Crippen molar-refractivity contribution in [3.05, 3.63) is 29.6 Å². The van der Waals surface area contributed by atoms with Crippen LogP contribution in [0.3, 0.4) is 0 Å². The van der Waals surface area contributed by atoms with Gasteiger partial charge < -0.3 is 5.32 Å². The highest BCUT2D eigenvalue weighted by atomic mass is 19.4. The monoisotopic (exact) mass is 232 g/mol. The van der Waals surface area contributed by atoms with Crippen molar-refractivity contribution in [3.8, 4) is 0 Å². The second-order valence-corrected chi connectivity index (χ2v) is 3.14. The minimum Gasteiger partial charge on any atom is -0.343 e. The number of rotatable bonds is 3. The van der Waals surface area contributed by atoms with Crippen LogP contribution in [0.2, 0.25) is 0 Å². The van der Waals surface area contributed by atoms with Gasteiger partial charge in [0.1, 0.15) is 0 Å². The molecule has 1 rings (SSSR count). The van der Waals surface area contributed by atoms with Crippen LogP contribution in [0.1, 0.15) is 18.2 Å². The Hall–Kier alpha value is -1.59. The van der Waals surface area contributed by atoms with Crippen molar-refractivity contribution in [3.63, 3.8) is 0 Å². The first-order valence-electron chi connectivity index (χ1n) is 4.73. The molecule has 0 aliphatic heterocycles. The van der Waals surface area contributed by atoms with Crippen LogP contribution in [-0.2, 0) is 17.8 Å². The standard InChI is InChI=1S/C10H11F3N2O/c1-2-7-4-3-5-14-8(7)6-15-9(16)10(11,12)13/h3-5H,2,6H2,1H3,(H,15,16). The first-order chi connectivity index (χ1) is 7.45. The van der Waals surface area contributed by atoms with Crippen LogP contribution in [0.5, 0.6) is 0 Å². The molecule has 0 atom stereocenters. The fourth-order valence-corrected chi connectivity index (χ4v) is 1.22. The van der Waals surface area contributed by atoms with E-state index in [0.717, 1.165) is 5.56 Å². The van der Waals surface area contributed by atoms with Crippen LogP contribution in [0.4, 0.5) is 13.2 Å². The van der Waals surface area contributed by atoms with Crippen molar-refractivity contribution < 1.29 is 18.0 Å². The molecular weight excluding hydrogens is 221 g/mol. The number of carbonyl (C=O) groups excluding carboxylic acids is 1. The number of alkyl halides is 3. The highest BCUT2D eigenvalue weighted by Crippen LogP contribution is 2.14. The fraction of sp³-hybridized carbons (Fsp3) is 0.400. The minimum absolute atomic E-state index is 0.206. The molecule has 1 aromatic rings. The number of halogens is 3. The Bertz CT molecular complexity index is 377. The van der Waals surface area contributed by atoms with E-state index in [1.54, 1.807) is 17.4 Å². The van der Waals surface area contributed by atoms with Gasteiger partial charge in [-0.05, 0) is 18.1 Å². The van der Waals surface area contributed by atoms with E-state index in [-0.39, 0.29) is 6.54 Å². The molecule has 0 spiro atoms. The molecule has 0 saturated carbocycles. The zero-order valence-corrected chi connectivity index (χ0v) is 8.64. The third-order valence-electron chi connectivity index (χ3n) is 2.04. The molecule has 1 N–H and O–H groups in total. The van der Waals surface area contributed by atoms with Gasteiger partial charge in [-0.25, -0.2) is 0 Å². The Kier molecular flexibility index (Phi) is 3.87. The molecule has 6 heteroatoms. The van der Waals surface area contributed by atoms with Crippen LogP contribution in [0.15, 0.2) is 18.3 Å². The number of aryl methyl sites for hydroxylation is 1. The average Bonchev–Trinajstić information content (AvgIpc) is 2.24. The summed E-state index contributed by atoms with van der Waals surface area (Å²) in [6.45, 7) is 1.66. The maximum absolute atomic E-state index is 11.9. The van der Waals surface area contributed by atoms with Gasteiger partial charge in [0, 0.05) is 6.20 Å². The first-order valence-corrected chi connectivity index (χ1v) is 4.73. The van der Waals surface area contributed by atoms with Gasteiger partial charge in [0.15, 0.2) is 0 Å². The highest BCUT2D eigenvalue weighted by Gasteiger charge is 2.38. The number of carbonyl (C=O) groups is 1. The Balaban J connectivity index is 2.65. The van der Waals surface area contributed by atoms with E-state index in [4.69, 9.17) is 0 Å². The lowest BCUT2D eigenvalue weighted by molar-refractivity contribution is -0.173. The molecule has 88 valence electrons. The summed E-state index contributed by atoms with van der Waals surface area (Å²) in [5, 5.41) is 1.79. The molecule has 0 bridgehead atoms. The van der Waals surface area contributed by atoms with Crippen LogP contribution in [0, 0.1) is 0 Å². The predicted octanol–water partition coefficient (Wildman–Crippen LogP) is 1.82. The summed E-state index contributed by atoms with van der Waals surface area (Å²) in [5.74, 6) is -1.94. The number of amides is 1. The van der Waals surface area contributed by atoms with Crippen molar-refractivity contribution >= 4 is 5.91 Å². The molecule has 1 aromatic heterocycles. The largest absolute Gasteiger partial charge is 0.471 e. The number of hydrogen-bond donors (Lipinski definition) is 1. The summed E-state index contributed by atoms with van der Waals surface area (Å²) in [6, 6.07) is 3.47. The van der Waals surface area contributed by atoms with Gasteiger partial charge in [-0.2, -0.15) is 13.2 Å². The number of hydrogen-bond acceptors (Lipinski definition) is 2. The summed E-state index contributed by atoms with van der Waals surface area (Å²) in [4.78, 5) is 14.5. The van der Waals surface area contributed by atoms with E-state index >= 15 is 0 Å². The number of pyridine rings is 1. The fourth-order valence-electron chi connectivity index (χ4n) is 1.22. The van der Waals surface area contributed by atoms with Gasteiger partial charge in [-0.3, -0.25) is 9.78 Å². The van der Waals surface area contributed by atoms with Crippen LogP contribution in [-0.4, -0.2) is 17.1 Å². The Morgan fingerprint density at radius 1 is 1.50 bits per heavy atom. The number of nitrogens with one attached hydrogen (secondary N) is 1. The van der Waals surface area contributed by atoms with Gasteiger partial charge >= 0.3 is 12.1 Å². The maximum atomic E-state index is 11.9. The van der Waals surface area contributed by atoms with Crippen molar-refractivity contribution in [2.75, 3.05) is 0 Å². The maximum Gasteiger partial charge on any atom is 0.471 e. The van der Waals surface area contributed by atoms with Crippen LogP contribution in [0.25, 0.3) is 0 Å². The van der Waals surface area contributed by atoms with Crippen LogP contribution < -0.4 is 5.32 Å². The van der Waals surface area contributed by atoms with Crippen molar-refractivity contribution in [1.82, 2.24) is 10.3 Å². The van der Waals surface area contributed by atoms with Gasteiger partial charge in [-0.1, -0.05) is 13.0 Å². The molecule has 1 heterocycles. The van der Waals surface area contributed by atoms with Gasteiger partial charge in [0.2, 0.25) is 0 Å². The zero-order chi connectivity index (χ0) is 12.2. The Morgan fingerprint density at radius 2 is 2.19 bits per heavy atom. The second kappa shape index (κ2) is 4.96. The first kappa shape index (κ1) is 12.5. The SMILES string of the molecule is CCc1cccnc1CNC(=O)C(F)(F)F. The molecule has 1 amide bonds.